The van der Waals surface area contributed by atoms with E-state index in [9.17, 15) is 0 Å². The Morgan fingerprint density at radius 3 is 2.94 bits per heavy atom. The molecule has 0 N–H and O–H groups in total. The van der Waals surface area contributed by atoms with Gasteiger partial charge in [-0.25, -0.2) is 4.68 Å². The van der Waals surface area contributed by atoms with Gasteiger partial charge in [0, 0.05) is 13.2 Å². The molecular weight excluding hydrogens is 354 g/mol. The Labute approximate surface area is 117 Å². The minimum atomic E-state index is -0.00493. The van der Waals surface area contributed by atoms with Gasteiger partial charge in [-0.05, 0) is 57.5 Å². The molecule has 5 nitrogen and oxygen atoms in total. The third-order valence-electron chi connectivity index (χ3n) is 2.56. The van der Waals surface area contributed by atoms with Gasteiger partial charge in [0.15, 0.2) is 11.0 Å². The van der Waals surface area contributed by atoms with E-state index >= 15 is 0 Å². The summed E-state index contributed by atoms with van der Waals surface area (Å²) in [5, 5.41) is 4.18. The molecule has 1 aromatic rings. The van der Waals surface area contributed by atoms with Crippen LogP contribution in [0.3, 0.4) is 0 Å². The molecule has 0 amide bonds. The van der Waals surface area contributed by atoms with Crippen LogP contribution < -0.4 is 0 Å². The standard InChI is InChI=1S/C10H15Br2N3O2/c11-9-13-10(12)15(14-9)5-3-7-17-8-4-1-2-6-16-8/h8H,1-7H2. The lowest BCUT2D eigenvalue weighted by Gasteiger charge is -2.22. The molecule has 2 heterocycles. The molecule has 17 heavy (non-hydrogen) atoms. The Kier molecular flexibility index (Phi) is 5.40. The summed E-state index contributed by atoms with van der Waals surface area (Å²) in [6, 6.07) is 0. The number of ether oxygens (including phenoxy) is 2. The maximum atomic E-state index is 5.64. The average molecular weight is 369 g/mol. The summed E-state index contributed by atoms with van der Waals surface area (Å²) >= 11 is 6.57. The molecule has 0 radical (unpaired) electrons. The third-order valence-corrected chi connectivity index (χ3v) is 3.48. The first-order valence-electron chi connectivity index (χ1n) is 5.75. The summed E-state index contributed by atoms with van der Waals surface area (Å²) in [6.45, 7) is 2.30. The molecule has 0 bridgehead atoms. The van der Waals surface area contributed by atoms with Crippen LogP contribution in [0.25, 0.3) is 0 Å². The Bertz CT molecular complexity index is 353. The van der Waals surface area contributed by atoms with Crippen LogP contribution in [0.4, 0.5) is 0 Å². The Hall–Kier alpha value is 0.0200. The van der Waals surface area contributed by atoms with Gasteiger partial charge in [-0.1, -0.05) is 0 Å². The predicted molar refractivity (Wildman–Crippen MR) is 69.6 cm³/mol. The van der Waals surface area contributed by atoms with Crippen molar-refractivity contribution in [1.29, 1.82) is 0 Å². The monoisotopic (exact) mass is 367 g/mol. The molecule has 1 atom stereocenters. The molecule has 1 fully saturated rings. The van der Waals surface area contributed by atoms with Gasteiger partial charge in [0.25, 0.3) is 0 Å². The van der Waals surface area contributed by atoms with E-state index in [1.165, 1.54) is 6.42 Å². The minimum absolute atomic E-state index is 0.00493. The van der Waals surface area contributed by atoms with Gasteiger partial charge < -0.3 is 9.47 Å². The zero-order valence-electron chi connectivity index (χ0n) is 9.44. The largest absolute Gasteiger partial charge is 0.353 e. The molecule has 1 saturated heterocycles. The van der Waals surface area contributed by atoms with Crippen molar-refractivity contribution in [2.24, 2.45) is 0 Å². The van der Waals surface area contributed by atoms with Gasteiger partial charge in [0.05, 0.1) is 6.61 Å². The van der Waals surface area contributed by atoms with Gasteiger partial charge in [0.1, 0.15) is 0 Å². The summed E-state index contributed by atoms with van der Waals surface area (Å²) in [5.41, 5.74) is 0. The second-order valence-corrected chi connectivity index (χ2v) is 5.31. The van der Waals surface area contributed by atoms with Crippen molar-refractivity contribution in [3.05, 3.63) is 9.47 Å². The van der Waals surface area contributed by atoms with Crippen molar-refractivity contribution in [3.63, 3.8) is 0 Å². The Morgan fingerprint density at radius 2 is 2.29 bits per heavy atom. The molecule has 2 rings (SSSR count). The molecule has 1 aromatic heterocycles. The third kappa shape index (κ3) is 4.31. The van der Waals surface area contributed by atoms with E-state index in [0.717, 1.165) is 37.1 Å². The lowest BCUT2D eigenvalue weighted by Crippen LogP contribution is -2.23. The summed E-state index contributed by atoms with van der Waals surface area (Å²) in [6.07, 6.45) is 4.26. The number of hydrogen-bond donors (Lipinski definition) is 0. The predicted octanol–water partition coefficient (Wildman–Crippen LogP) is 2.74. The van der Waals surface area contributed by atoms with Gasteiger partial charge in [-0.15, -0.1) is 5.10 Å². The highest BCUT2D eigenvalue weighted by molar-refractivity contribution is 9.11. The van der Waals surface area contributed by atoms with E-state index in [1.807, 2.05) is 0 Å². The van der Waals surface area contributed by atoms with E-state index in [-0.39, 0.29) is 6.29 Å². The molecule has 96 valence electrons. The highest BCUT2D eigenvalue weighted by Crippen LogP contribution is 2.14. The van der Waals surface area contributed by atoms with Crippen LogP contribution in [0.2, 0.25) is 0 Å². The zero-order chi connectivity index (χ0) is 12.1. The first-order chi connectivity index (χ1) is 8.25. The highest BCUT2D eigenvalue weighted by atomic mass is 79.9. The van der Waals surface area contributed by atoms with Crippen LogP contribution in [0.5, 0.6) is 0 Å². The van der Waals surface area contributed by atoms with Crippen LogP contribution in [-0.4, -0.2) is 34.3 Å². The second-order valence-electron chi connectivity index (χ2n) is 3.89. The second kappa shape index (κ2) is 6.82. The van der Waals surface area contributed by atoms with Crippen molar-refractivity contribution in [1.82, 2.24) is 14.8 Å². The van der Waals surface area contributed by atoms with Crippen molar-refractivity contribution in [2.45, 2.75) is 38.5 Å². The summed E-state index contributed by atoms with van der Waals surface area (Å²) in [4.78, 5) is 4.10. The van der Waals surface area contributed by atoms with Crippen molar-refractivity contribution >= 4 is 31.9 Å². The molecule has 1 unspecified atom stereocenters. The Balaban J connectivity index is 1.64. The van der Waals surface area contributed by atoms with E-state index < -0.39 is 0 Å². The summed E-state index contributed by atoms with van der Waals surface area (Å²) in [7, 11) is 0. The number of nitrogens with zero attached hydrogens (tertiary/aromatic N) is 3. The fourth-order valence-corrected chi connectivity index (χ4v) is 2.73. The highest BCUT2D eigenvalue weighted by Gasteiger charge is 2.13. The van der Waals surface area contributed by atoms with Gasteiger partial charge in [-0.3, -0.25) is 0 Å². The number of aromatic nitrogens is 3. The molecule has 1 aliphatic rings. The first-order valence-corrected chi connectivity index (χ1v) is 7.33. The maximum Gasteiger partial charge on any atom is 0.218 e. The SMILES string of the molecule is Brc1nc(Br)n(CCCOC2CCCCO2)n1. The number of rotatable bonds is 5. The van der Waals surface area contributed by atoms with Gasteiger partial charge in [-0.2, -0.15) is 4.98 Å². The lowest BCUT2D eigenvalue weighted by atomic mass is 10.2. The summed E-state index contributed by atoms with van der Waals surface area (Å²) < 4.78 is 14.3. The number of halogens is 2. The molecule has 0 aromatic carbocycles. The van der Waals surface area contributed by atoms with Crippen LogP contribution >= 0.6 is 31.9 Å². The average Bonchev–Trinajstić information content (AvgIpc) is 2.65. The first kappa shape index (κ1) is 13.5. The van der Waals surface area contributed by atoms with Crippen LogP contribution in [0.1, 0.15) is 25.7 Å². The Morgan fingerprint density at radius 1 is 1.41 bits per heavy atom. The quantitative estimate of drug-likeness (QED) is 0.750. The molecular formula is C10H15Br2N3O2. The minimum Gasteiger partial charge on any atom is -0.353 e. The fraction of sp³-hybridized carbons (Fsp3) is 0.800. The molecule has 0 spiro atoms. The summed E-state index contributed by atoms with van der Waals surface area (Å²) in [5.74, 6) is 0. The van der Waals surface area contributed by atoms with E-state index in [1.54, 1.807) is 4.68 Å². The maximum absolute atomic E-state index is 5.64. The van der Waals surface area contributed by atoms with Crippen molar-refractivity contribution in [2.75, 3.05) is 13.2 Å². The van der Waals surface area contributed by atoms with Gasteiger partial charge in [0.2, 0.25) is 4.73 Å². The molecule has 1 aliphatic heterocycles. The van der Waals surface area contributed by atoms with Crippen molar-refractivity contribution in [3.8, 4) is 0 Å². The molecule has 0 aliphatic carbocycles. The van der Waals surface area contributed by atoms with Crippen LogP contribution in [0, 0.1) is 0 Å². The van der Waals surface area contributed by atoms with Gasteiger partial charge >= 0.3 is 0 Å². The van der Waals surface area contributed by atoms with Crippen LogP contribution in [-0.2, 0) is 16.0 Å². The molecule has 0 saturated carbocycles. The molecule has 7 heteroatoms. The smallest absolute Gasteiger partial charge is 0.218 e. The fourth-order valence-electron chi connectivity index (χ4n) is 1.71. The van der Waals surface area contributed by atoms with E-state index in [4.69, 9.17) is 9.47 Å². The van der Waals surface area contributed by atoms with Crippen LogP contribution in [0.15, 0.2) is 9.47 Å². The van der Waals surface area contributed by atoms with E-state index in [2.05, 4.69) is 41.9 Å². The van der Waals surface area contributed by atoms with E-state index in [0.29, 0.717) is 11.3 Å². The van der Waals surface area contributed by atoms with Crippen molar-refractivity contribution < 1.29 is 9.47 Å². The lowest BCUT2D eigenvalue weighted by molar-refractivity contribution is -0.163. The topological polar surface area (TPSA) is 49.2 Å². The number of hydrogen-bond acceptors (Lipinski definition) is 4. The zero-order valence-corrected chi connectivity index (χ0v) is 12.6. The number of aryl methyl sites for hydroxylation is 1. The normalized spacial score (nSPS) is 20.7.